The summed E-state index contributed by atoms with van der Waals surface area (Å²) in [6.07, 6.45) is 9.18. The zero-order chi connectivity index (χ0) is 8.53. The molecule has 0 atom stereocenters. The summed E-state index contributed by atoms with van der Waals surface area (Å²) in [4.78, 5) is 0. The summed E-state index contributed by atoms with van der Waals surface area (Å²) in [6.45, 7) is 6.75. The topological polar surface area (TPSA) is 9.23 Å². The predicted octanol–water partition coefficient (Wildman–Crippen LogP) is 3.10. The monoisotopic (exact) mass is 153 g/mol. The molecule has 11 heavy (non-hydrogen) atoms. The van der Waals surface area contributed by atoms with Crippen LogP contribution in [0.25, 0.3) is 0 Å². The minimum atomic E-state index is 0.760. The third-order valence-electron chi connectivity index (χ3n) is 1.16. The summed E-state index contributed by atoms with van der Waals surface area (Å²) in [5.41, 5.74) is 0. The van der Waals surface area contributed by atoms with E-state index >= 15 is 0 Å². The fraction of sp³-hybridized carbons (Fsp3) is 0.500. The molecule has 0 aromatic heterocycles. The van der Waals surface area contributed by atoms with Gasteiger partial charge in [0.1, 0.15) is 5.76 Å². The lowest BCUT2D eigenvalue weighted by molar-refractivity contribution is 0.241. The van der Waals surface area contributed by atoms with E-state index in [9.17, 15) is 0 Å². The number of ether oxygens (including phenoxy) is 1. The zero-order valence-electron chi connectivity index (χ0n) is 7.63. The van der Waals surface area contributed by atoms with Crippen LogP contribution in [-0.4, -0.2) is 6.61 Å². The molecule has 1 nitrogen and oxygen atoms in total. The molecule has 0 unspecified atom stereocenters. The van der Waals surface area contributed by atoms with Crippen molar-refractivity contribution in [2.75, 3.05) is 6.61 Å². The minimum Gasteiger partial charge on any atom is -0.494 e. The van der Waals surface area contributed by atoms with Crippen molar-refractivity contribution in [1.82, 2.24) is 0 Å². The van der Waals surface area contributed by atoms with Crippen molar-refractivity contribution in [3.8, 4) is 0 Å². The molecular formula is C10H17O. The van der Waals surface area contributed by atoms with Crippen molar-refractivity contribution < 1.29 is 4.74 Å². The minimum absolute atomic E-state index is 0.760. The van der Waals surface area contributed by atoms with E-state index in [2.05, 4.69) is 12.5 Å². The first kappa shape index (κ1) is 10.3. The lowest BCUT2D eigenvalue weighted by atomic mass is 10.2. The molecule has 0 N–H and O–H groups in total. The maximum atomic E-state index is 5.24. The van der Waals surface area contributed by atoms with Gasteiger partial charge >= 0.3 is 0 Å². The molecule has 0 amide bonds. The fourth-order valence-electron chi connectivity index (χ4n) is 0.767. The molecule has 0 spiro atoms. The van der Waals surface area contributed by atoms with Crippen LogP contribution in [0.15, 0.2) is 24.0 Å². The van der Waals surface area contributed by atoms with Gasteiger partial charge in [-0.2, -0.15) is 0 Å². The van der Waals surface area contributed by atoms with E-state index in [0.717, 1.165) is 18.8 Å². The summed E-state index contributed by atoms with van der Waals surface area (Å²) in [6, 6.07) is 0. The van der Waals surface area contributed by atoms with Crippen LogP contribution in [0.4, 0.5) is 0 Å². The molecule has 1 rings (SSSR count). The average molecular weight is 153 g/mol. The number of hydrogen-bond acceptors (Lipinski definition) is 1. The van der Waals surface area contributed by atoms with E-state index < -0.39 is 0 Å². The fourth-order valence-corrected chi connectivity index (χ4v) is 0.767. The summed E-state index contributed by atoms with van der Waals surface area (Å²) in [7, 11) is 0. The van der Waals surface area contributed by atoms with Crippen LogP contribution in [0.2, 0.25) is 0 Å². The van der Waals surface area contributed by atoms with Crippen LogP contribution >= 0.6 is 0 Å². The van der Waals surface area contributed by atoms with E-state index in [4.69, 9.17) is 4.74 Å². The molecule has 1 aliphatic carbocycles. The summed E-state index contributed by atoms with van der Waals surface area (Å²) in [5.74, 6) is 1.00. The molecule has 0 heterocycles. The smallest absolute Gasteiger partial charge is 0.115 e. The first-order valence-corrected chi connectivity index (χ1v) is 4.26. The second-order valence-corrected chi connectivity index (χ2v) is 1.87. The van der Waals surface area contributed by atoms with Crippen LogP contribution < -0.4 is 0 Å². The van der Waals surface area contributed by atoms with Crippen molar-refractivity contribution in [3.63, 3.8) is 0 Å². The average Bonchev–Trinajstić information content (AvgIpc) is 2.11. The van der Waals surface area contributed by atoms with Gasteiger partial charge in [0.25, 0.3) is 0 Å². The highest BCUT2D eigenvalue weighted by Crippen LogP contribution is 2.08. The van der Waals surface area contributed by atoms with Gasteiger partial charge in [-0.25, -0.2) is 0 Å². The molecule has 1 aliphatic rings. The molecule has 0 saturated heterocycles. The largest absolute Gasteiger partial charge is 0.494 e. The molecule has 1 heteroatoms. The normalized spacial score (nSPS) is 14.6. The molecule has 63 valence electrons. The van der Waals surface area contributed by atoms with Crippen LogP contribution in [0.1, 0.15) is 27.2 Å². The lowest BCUT2D eigenvalue weighted by Crippen LogP contribution is -1.91. The number of allylic oxidation sites excluding steroid dienone is 3. The molecule has 0 aromatic carbocycles. The van der Waals surface area contributed by atoms with Gasteiger partial charge in [-0.1, -0.05) is 19.9 Å². The van der Waals surface area contributed by atoms with Crippen molar-refractivity contribution in [3.05, 3.63) is 30.4 Å². The third-order valence-corrected chi connectivity index (χ3v) is 1.16. The van der Waals surface area contributed by atoms with E-state index in [1.165, 1.54) is 0 Å². The number of rotatable bonds is 2. The number of hydrogen-bond donors (Lipinski definition) is 0. The van der Waals surface area contributed by atoms with E-state index in [1.54, 1.807) is 0 Å². The van der Waals surface area contributed by atoms with Gasteiger partial charge < -0.3 is 4.74 Å². The van der Waals surface area contributed by atoms with Crippen LogP contribution in [0.3, 0.4) is 0 Å². The Balaban J connectivity index is 0.000000461. The van der Waals surface area contributed by atoms with Crippen molar-refractivity contribution in [1.29, 1.82) is 0 Å². The molecule has 0 saturated carbocycles. The van der Waals surface area contributed by atoms with Crippen molar-refractivity contribution in [2.45, 2.75) is 27.2 Å². The summed E-state index contributed by atoms with van der Waals surface area (Å²) >= 11 is 0. The second kappa shape index (κ2) is 7.39. The van der Waals surface area contributed by atoms with Crippen molar-refractivity contribution in [2.24, 2.45) is 0 Å². The van der Waals surface area contributed by atoms with Gasteiger partial charge in [-0.05, 0) is 31.9 Å². The molecule has 0 fully saturated rings. The molecular weight excluding hydrogens is 136 g/mol. The predicted molar refractivity (Wildman–Crippen MR) is 49.1 cm³/mol. The standard InChI is InChI=1S/C8H11O.C2H6/c1-2-9-8-6-4-3-5-7-8;1-2/h3-4,6-7H,2,5H2,1H3;1-2H3. The van der Waals surface area contributed by atoms with Gasteiger partial charge in [-0.15, -0.1) is 0 Å². The zero-order valence-corrected chi connectivity index (χ0v) is 7.63. The van der Waals surface area contributed by atoms with Crippen LogP contribution in [-0.2, 0) is 4.74 Å². The molecule has 0 bridgehead atoms. The lowest BCUT2D eigenvalue weighted by Gasteiger charge is -2.05. The summed E-state index contributed by atoms with van der Waals surface area (Å²) in [5, 5.41) is 0. The van der Waals surface area contributed by atoms with E-state index in [0.29, 0.717) is 0 Å². The Labute approximate surface area is 69.8 Å². The maximum Gasteiger partial charge on any atom is 0.115 e. The quantitative estimate of drug-likeness (QED) is 0.592. The highest BCUT2D eigenvalue weighted by atomic mass is 16.5. The van der Waals surface area contributed by atoms with Gasteiger partial charge in [0.2, 0.25) is 0 Å². The Bertz CT molecular complexity index is 134. The highest BCUT2D eigenvalue weighted by molar-refractivity contribution is 5.21. The second-order valence-electron chi connectivity index (χ2n) is 1.87. The van der Waals surface area contributed by atoms with Gasteiger partial charge in [-0.3, -0.25) is 0 Å². The SMILES string of the molecule is CC.CCOC1=CC[CH]C=C1. The first-order chi connectivity index (χ1) is 5.43. The summed E-state index contributed by atoms with van der Waals surface area (Å²) < 4.78 is 5.24. The van der Waals surface area contributed by atoms with Gasteiger partial charge in [0, 0.05) is 0 Å². The van der Waals surface area contributed by atoms with Crippen LogP contribution in [0, 0.1) is 6.42 Å². The maximum absolute atomic E-state index is 5.24. The first-order valence-electron chi connectivity index (χ1n) is 4.26. The Morgan fingerprint density at radius 1 is 1.45 bits per heavy atom. The Morgan fingerprint density at radius 3 is 2.64 bits per heavy atom. The Hall–Kier alpha value is -0.720. The van der Waals surface area contributed by atoms with Gasteiger partial charge in [0.05, 0.1) is 6.61 Å². The third kappa shape index (κ3) is 4.65. The Kier molecular flexibility index (Phi) is 6.90. The molecule has 0 aliphatic heterocycles. The highest BCUT2D eigenvalue weighted by Gasteiger charge is 1.94. The Morgan fingerprint density at radius 2 is 2.18 bits per heavy atom. The van der Waals surface area contributed by atoms with Crippen LogP contribution in [0.5, 0.6) is 0 Å². The van der Waals surface area contributed by atoms with E-state index in [-0.39, 0.29) is 0 Å². The molecule has 1 radical (unpaired) electrons. The van der Waals surface area contributed by atoms with E-state index in [1.807, 2.05) is 32.9 Å². The van der Waals surface area contributed by atoms with Crippen molar-refractivity contribution >= 4 is 0 Å². The van der Waals surface area contributed by atoms with Gasteiger partial charge in [0.15, 0.2) is 0 Å². The molecule has 0 aromatic rings.